The molecule has 4 aromatic carbocycles. The number of fused-ring (bicyclic) bond motifs is 1. The van der Waals surface area contributed by atoms with Gasteiger partial charge < -0.3 is 23.7 Å². The molecule has 0 bridgehead atoms. The molecule has 6 rings (SSSR count). The van der Waals surface area contributed by atoms with Crippen LogP contribution in [0.2, 0.25) is 0 Å². The van der Waals surface area contributed by atoms with E-state index in [0.29, 0.717) is 62.2 Å². The van der Waals surface area contributed by atoms with Gasteiger partial charge >= 0.3 is 11.9 Å². The maximum Gasteiger partial charge on any atom is 0.338 e. The van der Waals surface area contributed by atoms with E-state index in [1.807, 2.05) is 66.7 Å². The molecule has 0 fully saturated rings. The molecule has 0 unspecified atom stereocenters. The second kappa shape index (κ2) is 17.1. The number of rotatable bonds is 12. The molecule has 53 heavy (non-hydrogen) atoms. The molecule has 2 heterocycles. The molecule has 0 saturated heterocycles. The highest BCUT2D eigenvalue weighted by Crippen LogP contribution is 2.38. The van der Waals surface area contributed by atoms with Crippen molar-refractivity contribution in [1.82, 2.24) is 4.57 Å². The van der Waals surface area contributed by atoms with Crippen molar-refractivity contribution in [2.24, 2.45) is 4.99 Å². The molecule has 272 valence electrons. The first kappa shape index (κ1) is 38.3. The zero-order chi connectivity index (χ0) is 37.6. The van der Waals surface area contributed by atoms with Crippen LogP contribution in [-0.2, 0) is 20.9 Å². The lowest BCUT2D eigenvalue weighted by Crippen LogP contribution is -2.40. The number of carbonyl (C=O) groups excluding carboxylic acids is 2. The Hall–Kier alpha value is -4.48. The van der Waals surface area contributed by atoms with Crippen LogP contribution in [0.3, 0.4) is 0 Å². The smallest absolute Gasteiger partial charge is 0.338 e. The minimum absolute atomic E-state index is 0.145. The Morgan fingerprint density at radius 3 is 2.15 bits per heavy atom. The van der Waals surface area contributed by atoms with Crippen LogP contribution in [0.5, 0.6) is 17.2 Å². The number of esters is 2. The Bertz CT molecular complexity index is 2370. The van der Waals surface area contributed by atoms with Crippen LogP contribution in [0.4, 0.5) is 0 Å². The van der Waals surface area contributed by atoms with Gasteiger partial charge in [0.1, 0.15) is 12.4 Å². The van der Waals surface area contributed by atoms with Crippen LogP contribution in [-0.4, -0.2) is 43.9 Å². The Morgan fingerprint density at radius 2 is 1.51 bits per heavy atom. The molecule has 0 aliphatic carbocycles. The molecular formula is C40H34I2N2O8S. The number of halogens is 2. The van der Waals surface area contributed by atoms with Crippen molar-refractivity contribution in [1.29, 1.82) is 0 Å². The van der Waals surface area contributed by atoms with Crippen LogP contribution in [0.25, 0.3) is 11.8 Å². The number of hydrogen-bond acceptors (Lipinski definition) is 10. The van der Waals surface area contributed by atoms with Gasteiger partial charge in [0.25, 0.3) is 5.56 Å². The summed E-state index contributed by atoms with van der Waals surface area (Å²) >= 11 is 5.70. The number of benzene rings is 4. The Kier molecular flexibility index (Phi) is 12.4. The van der Waals surface area contributed by atoms with Gasteiger partial charge in [0.2, 0.25) is 0 Å². The highest BCUT2D eigenvalue weighted by molar-refractivity contribution is 14.1. The second-order valence-corrected chi connectivity index (χ2v) is 14.9. The summed E-state index contributed by atoms with van der Waals surface area (Å²) in [4.78, 5) is 45.7. The molecule has 0 saturated carbocycles. The summed E-state index contributed by atoms with van der Waals surface area (Å²) in [6.45, 7) is 4.27. The molecule has 1 atom stereocenters. The number of hydrogen-bond donors (Lipinski definition) is 0. The van der Waals surface area contributed by atoms with E-state index < -0.39 is 12.0 Å². The Labute approximate surface area is 337 Å². The predicted octanol–water partition coefficient (Wildman–Crippen LogP) is 6.92. The average Bonchev–Trinajstić information content (AvgIpc) is 3.47. The van der Waals surface area contributed by atoms with Gasteiger partial charge in [-0.15, -0.1) is 0 Å². The fourth-order valence-corrected chi connectivity index (χ4v) is 8.97. The normalized spacial score (nSPS) is 13.9. The maximum absolute atomic E-state index is 14.4. The average molecular weight is 957 g/mol. The Balaban J connectivity index is 1.42. The van der Waals surface area contributed by atoms with Crippen LogP contribution in [0.1, 0.15) is 52.5 Å². The molecule has 1 aromatic heterocycles. The number of methoxy groups -OCH3 is 2. The largest absolute Gasteiger partial charge is 0.493 e. The third-order valence-corrected chi connectivity index (χ3v) is 10.8. The van der Waals surface area contributed by atoms with E-state index in [4.69, 9.17) is 28.7 Å². The van der Waals surface area contributed by atoms with E-state index >= 15 is 0 Å². The lowest BCUT2D eigenvalue weighted by molar-refractivity contribution is -0.138. The standard InChI is InChI=1S/C40H34I2N2O8S/c1-5-50-38(46)26-14-12-23(13-15-26)22-52-36-28(41)18-24(19-29(36)42)20-32-37(45)44-35(27-16-17-30(48-3)31(21-27)49-4)33(39(47)51-6-2)34(43-40(44)53-32)25-10-8-7-9-11-25/h7-21,35H,5-6,22H2,1-4H3/b32-20-/t35-/m1/s1. The number of thiazole rings is 1. The summed E-state index contributed by atoms with van der Waals surface area (Å²) in [5, 5.41) is 0. The minimum Gasteiger partial charge on any atom is -0.493 e. The molecular weight excluding hydrogens is 922 g/mol. The lowest BCUT2D eigenvalue weighted by Gasteiger charge is -2.26. The highest BCUT2D eigenvalue weighted by Gasteiger charge is 2.35. The molecule has 13 heteroatoms. The van der Waals surface area contributed by atoms with Gasteiger partial charge in [-0.25, -0.2) is 14.6 Å². The molecule has 0 amide bonds. The number of carbonyl (C=O) groups is 2. The third kappa shape index (κ3) is 8.21. The maximum atomic E-state index is 14.4. The molecule has 0 radical (unpaired) electrons. The first-order valence-electron chi connectivity index (χ1n) is 16.6. The summed E-state index contributed by atoms with van der Waals surface area (Å²) in [7, 11) is 3.08. The SMILES string of the molecule is CCOC(=O)C1=C(c2ccccc2)N=c2s/c(=C\c3cc(I)c(OCc4ccc(C(=O)OCC)cc4)c(I)c3)c(=O)n2[C@@H]1c1ccc(OC)c(OC)c1. The van der Waals surface area contributed by atoms with Crippen molar-refractivity contribution >= 4 is 80.2 Å². The zero-order valence-electron chi connectivity index (χ0n) is 29.2. The quantitative estimate of drug-likeness (QED) is 0.0980. The van der Waals surface area contributed by atoms with Gasteiger partial charge in [-0.2, -0.15) is 0 Å². The number of ether oxygens (including phenoxy) is 5. The van der Waals surface area contributed by atoms with Gasteiger partial charge in [0, 0.05) is 5.56 Å². The minimum atomic E-state index is -0.870. The molecule has 10 nitrogen and oxygen atoms in total. The van der Waals surface area contributed by atoms with E-state index in [0.717, 1.165) is 18.3 Å². The van der Waals surface area contributed by atoms with Gasteiger partial charge in [-0.3, -0.25) is 9.36 Å². The van der Waals surface area contributed by atoms with Gasteiger partial charge in [0.05, 0.1) is 62.0 Å². The zero-order valence-corrected chi connectivity index (χ0v) is 34.3. The van der Waals surface area contributed by atoms with E-state index in [1.165, 1.54) is 18.4 Å². The lowest BCUT2D eigenvalue weighted by atomic mass is 9.93. The molecule has 1 aliphatic rings. The summed E-state index contributed by atoms with van der Waals surface area (Å²) in [5.41, 5.74) is 3.89. The van der Waals surface area contributed by atoms with Crippen molar-refractivity contribution in [3.8, 4) is 17.2 Å². The van der Waals surface area contributed by atoms with Crippen LogP contribution < -0.4 is 29.1 Å². The summed E-state index contributed by atoms with van der Waals surface area (Å²) in [5.74, 6) is 0.739. The van der Waals surface area contributed by atoms with E-state index in [9.17, 15) is 14.4 Å². The van der Waals surface area contributed by atoms with E-state index in [2.05, 4.69) is 45.2 Å². The van der Waals surface area contributed by atoms with Gasteiger partial charge in [-0.1, -0.05) is 59.9 Å². The van der Waals surface area contributed by atoms with Crippen LogP contribution in [0.15, 0.2) is 100 Å². The first-order valence-corrected chi connectivity index (χ1v) is 19.5. The van der Waals surface area contributed by atoms with E-state index in [1.54, 1.807) is 49.8 Å². The van der Waals surface area contributed by atoms with Crippen molar-refractivity contribution in [2.75, 3.05) is 27.4 Å². The second-order valence-electron chi connectivity index (χ2n) is 11.6. The Morgan fingerprint density at radius 1 is 0.849 bits per heavy atom. The van der Waals surface area contributed by atoms with Gasteiger partial charge in [0.15, 0.2) is 16.3 Å². The van der Waals surface area contributed by atoms with Crippen molar-refractivity contribution in [2.45, 2.75) is 26.5 Å². The van der Waals surface area contributed by atoms with Crippen molar-refractivity contribution < 1.29 is 33.3 Å². The van der Waals surface area contributed by atoms with Crippen LogP contribution in [0, 0.1) is 7.14 Å². The summed E-state index contributed by atoms with van der Waals surface area (Å²) in [6, 6.07) is 24.9. The third-order valence-electron chi connectivity index (χ3n) is 8.26. The van der Waals surface area contributed by atoms with Crippen molar-refractivity contribution in [3.63, 3.8) is 0 Å². The fraction of sp³-hybridized carbons (Fsp3) is 0.200. The van der Waals surface area contributed by atoms with Crippen LogP contribution >= 0.6 is 56.5 Å². The molecule has 1 aliphatic heterocycles. The molecule has 0 N–H and O–H groups in total. The first-order chi connectivity index (χ1) is 25.7. The number of nitrogens with zero attached hydrogens (tertiary/aromatic N) is 2. The summed E-state index contributed by atoms with van der Waals surface area (Å²) in [6.07, 6.45) is 1.83. The monoisotopic (exact) mass is 956 g/mol. The van der Waals surface area contributed by atoms with Crippen molar-refractivity contribution in [3.05, 3.63) is 145 Å². The fourth-order valence-electron chi connectivity index (χ4n) is 5.84. The molecule has 5 aromatic rings. The highest BCUT2D eigenvalue weighted by atomic mass is 127. The van der Waals surface area contributed by atoms with E-state index in [-0.39, 0.29) is 23.7 Å². The topological polar surface area (TPSA) is 115 Å². The molecule has 0 spiro atoms. The van der Waals surface area contributed by atoms with Gasteiger partial charge in [-0.05, 0) is 118 Å². The number of aromatic nitrogens is 1. The predicted molar refractivity (Wildman–Crippen MR) is 219 cm³/mol. The summed E-state index contributed by atoms with van der Waals surface area (Å²) < 4.78 is 31.7.